The van der Waals surface area contributed by atoms with Crippen LogP contribution in [0, 0.1) is 0 Å². The molecule has 1 aliphatic heterocycles. The highest BCUT2D eigenvalue weighted by Gasteiger charge is 2.38. The lowest BCUT2D eigenvalue weighted by molar-refractivity contribution is -0.141. The maximum absolute atomic E-state index is 13.3. The van der Waals surface area contributed by atoms with Crippen molar-refractivity contribution in [3.05, 3.63) is 46.5 Å². The maximum atomic E-state index is 13.3. The highest BCUT2D eigenvalue weighted by atomic mass is 32.1. The minimum atomic E-state index is -4.53. The summed E-state index contributed by atoms with van der Waals surface area (Å²) in [6, 6.07) is 2.43. The van der Waals surface area contributed by atoms with E-state index in [1.165, 1.54) is 23.1 Å². The van der Waals surface area contributed by atoms with Crippen molar-refractivity contribution in [3.8, 4) is 11.4 Å². The summed E-state index contributed by atoms with van der Waals surface area (Å²) in [6.45, 7) is 2.26. The first-order chi connectivity index (χ1) is 15.2. The monoisotopic (exact) mass is 461 g/mol. The average Bonchev–Trinajstić information content (AvgIpc) is 3.44. The zero-order valence-corrected chi connectivity index (χ0v) is 18.2. The summed E-state index contributed by atoms with van der Waals surface area (Å²) in [4.78, 5) is 23.6. The van der Waals surface area contributed by atoms with Gasteiger partial charge in [0.2, 0.25) is 0 Å². The van der Waals surface area contributed by atoms with E-state index in [1.54, 1.807) is 34.4 Å². The predicted molar refractivity (Wildman–Crippen MR) is 111 cm³/mol. The fourth-order valence-electron chi connectivity index (χ4n) is 4.25. The number of aryl methyl sites for hydroxylation is 2. The third-order valence-corrected chi connectivity index (χ3v) is 6.61. The van der Waals surface area contributed by atoms with Gasteiger partial charge < -0.3 is 4.90 Å². The van der Waals surface area contributed by atoms with E-state index in [0.29, 0.717) is 35.7 Å². The molecule has 0 saturated heterocycles. The van der Waals surface area contributed by atoms with E-state index in [0.717, 1.165) is 21.8 Å². The van der Waals surface area contributed by atoms with Gasteiger partial charge in [-0.1, -0.05) is 0 Å². The second-order valence-corrected chi connectivity index (χ2v) is 8.51. The van der Waals surface area contributed by atoms with Crippen LogP contribution in [0.5, 0.6) is 0 Å². The van der Waals surface area contributed by atoms with Gasteiger partial charge in [0.25, 0.3) is 5.91 Å². The lowest BCUT2D eigenvalue weighted by Crippen LogP contribution is -2.39. The molecule has 0 aromatic carbocycles. The molecule has 0 saturated carbocycles. The number of hydrogen-bond donors (Lipinski definition) is 0. The van der Waals surface area contributed by atoms with E-state index >= 15 is 0 Å². The van der Waals surface area contributed by atoms with Crippen LogP contribution in [0.3, 0.4) is 0 Å². The number of amides is 1. The smallest absolute Gasteiger partial charge is 0.329 e. The van der Waals surface area contributed by atoms with Gasteiger partial charge in [-0.3, -0.25) is 14.2 Å². The molecule has 1 amide bonds. The third-order valence-electron chi connectivity index (χ3n) is 5.76. The molecule has 0 spiro atoms. The fourth-order valence-corrected chi connectivity index (χ4v) is 5.01. The van der Waals surface area contributed by atoms with Gasteiger partial charge in [-0.05, 0) is 25.5 Å². The van der Waals surface area contributed by atoms with Crippen LogP contribution in [0.4, 0.5) is 13.2 Å². The second kappa shape index (κ2) is 7.12. The molecule has 5 heterocycles. The molecule has 0 fully saturated rings. The van der Waals surface area contributed by atoms with Gasteiger partial charge in [0, 0.05) is 32.4 Å². The SMILES string of the molecule is C[C@H]1c2nn(C)c(-c3cc(C(F)(F)F)nn3C)c2CCN1C(=O)c1nccc2ncsc12. The van der Waals surface area contributed by atoms with Gasteiger partial charge in [0.15, 0.2) is 5.69 Å². The number of alkyl halides is 3. The molecule has 0 N–H and O–H groups in total. The van der Waals surface area contributed by atoms with Crippen LogP contribution in [-0.2, 0) is 26.7 Å². The van der Waals surface area contributed by atoms with Crippen molar-refractivity contribution in [2.24, 2.45) is 14.1 Å². The molecule has 32 heavy (non-hydrogen) atoms. The van der Waals surface area contributed by atoms with Crippen LogP contribution in [0.25, 0.3) is 21.6 Å². The van der Waals surface area contributed by atoms with Crippen LogP contribution in [0.15, 0.2) is 23.8 Å². The molecule has 1 aliphatic rings. The topological polar surface area (TPSA) is 81.7 Å². The Morgan fingerprint density at radius 1 is 1.19 bits per heavy atom. The average molecular weight is 461 g/mol. The molecule has 8 nitrogen and oxygen atoms in total. The van der Waals surface area contributed by atoms with Crippen molar-refractivity contribution in [2.45, 2.75) is 25.6 Å². The van der Waals surface area contributed by atoms with E-state index in [9.17, 15) is 18.0 Å². The Bertz CT molecular complexity index is 1350. The lowest BCUT2D eigenvalue weighted by atomic mass is 9.97. The number of halogens is 3. The van der Waals surface area contributed by atoms with Crippen LogP contribution in [0.2, 0.25) is 0 Å². The van der Waals surface area contributed by atoms with Crippen molar-refractivity contribution >= 4 is 27.5 Å². The number of thiazole rings is 1. The Hall–Kier alpha value is -3.28. The normalized spacial score (nSPS) is 16.6. The van der Waals surface area contributed by atoms with E-state index in [1.807, 2.05) is 6.92 Å². The summed E-state index contributed by atoms with van der Waals surface area (Å²) < 4.78 is 43.0. The number of carbonyl (C=O) groups is 1. The largest absolute Gasteiger partial charge is 0.435 e. The third kappa shape index (κ3) is 3.08. The number of carbonyl (C=O) groups excluding carboxylic acids is 1. The van der Waals surface area contributed by atoms with Crippen LogP contribution >= 0.6 is 11.3 Å². The van der Waals surface area contributed by atoms with Crippen molar-refractivity contribution in [3.63, 3.8) is 0 Å². The number of hydrogen-bond acceptors (Lipinski definition) is 6. The Morgan fingerprint density at radius 2 is 1.97 bits per heavy atom. The zero-order valence-electron chi connectivity index (χ0n) is 17.4. The van der Waals surface area contributed by atoms with Crippen molar-refractivity contribution in [2.75, 3.05) is 6.54 Å². The Morgan fingerprint density at radius 3 is 2.69 bits per heavy atom. The maximum Gasteiger partial charge on any atom is 0.435 e. The van der Waals surface area contributed by atoms with E-state index in [2.05, 4.69) is 20.2 Å². The molecule has 4 aromatic heterocycles. The molecule has 166 valence electrons. The quantitative estimate of drug-likeness (QED) is 0.456. The molecular weight excluding hydrogens is 443 g/mol. The first-order valence-electron chi connectivity index (χ1n) is 9.83. The molecule has 12 heteroatoms. The summed E-state index contributed by atoms with van der Waals surface area (Å²) >= 11 is 1.36. The van der Waals surface area contributed by atoms with Crippen molar-refractivity contribution in [1.29, 1.82) is 0 Å². The van der Waals surface area contributed by atoms with Gasteiger partial charge in [-0.15, -0.1) is 11.3 Å². The highest BCUT2D eigenvalue weighted by Crippen LogP contribution is 2.38. The van der Waals surface area contributed by atoms with E-state index in [-0.39, 0.29) is 11.9 Å². The lowest BCUT2D eigenvalue weighted by Gasteiger charge is -2.32. The summed E-state index contributed by atoms with van der Waals surface area (Å²) in [5, 5.41) is 8.20. The molecular formula is C20H18F3N7OS. The van der Waals surface area contributed by atoms with E-state index < -0.39 is 11.9 Å². The Labute approximate surface area is 184 Å². The summed E-state index contributed by atoms with van der Waals surface area (Å²) in [7, 11) is 3.17. The minimum absolute atomic E-state index is 0.218. The molecule has 0 radical (unpaired) electrons. The summed E-state index contributed by atoms with van der Waals surface area (Å²) in [6.07, 6.45) is -2.51. The molecule has 4 aromatic rings. The van der Waals surface area contributed by atoms with Crippen LogP contribution in [0.1, 0.15) is 40.4 Å². The zero-order chi connectivity index (χ0) is 22.8. The van der Waals surface area contributed by atoms with Gasteiger partial charge in [-0.25, -0.2) is 9.97 Å². The highest BCUT2D eigenvalue weighted by molar-refractivity contribution is 7.17. The van der Waals surface area contributed by atoms with Gasteiger partial charge in [0.1, 0.15) is 5.69 Å². The van der Waals surface area contributed by atoms with Crippen LogP contribution < -0.4 is 0 Å². The second-order valence-electron chi connectivity index (χ2n) is 7.66. The number of fused-ring (bicyclic) bond motifs is 2. The predicted octanol–water partition coefficient (Wildman–Crippen LogP) is 3.60. The van der Waals surface area contributed by atoms with Crippen molar-refractivity contribution in [1.82, 2.24) is 34.4 Å². The van der Waals surface area contributed by atoms with Gasteiger partial charge in [-0.2, -0.15) is 23.4 Å². The number of rotatable bonds is 2. The fraction of sp³-hybridized carbons (Fsp3) is 0.350. The standard InChI is InChI=1S/C20H18F3N7OS/c1-10-15-11(17(29(3)27-15)13-8-14(20(21,22)23)26-28(13)2)5-7-30(10)19(31)16-18-12(4-6-24-16)25-9-32-18/h4,6,8-10H,5,7H2,1-3H3/t10-/m0/s1. The van der Waals surface area contributed by atoms with Gasteiger partial charge in [0.05, 0.1) is 38.9 Å². The first-order valence-corrected chi connectivity index (χ1v) is 10.7. The molecule has 1 atom stereocenters. The summed E-state index contributed by atoms with van der Waals surface area (Å²) in [5.74, 6) is -0.218. The number of pyridine rings is 1. The molecule has 0 unspecified atom stereocenters. The van der Waals surface area contributed by atoms with Crippen molar-refractivity contribution < 1.29 is 18.0 Å². The Kier molecular flexibility index (Phi) is 4.59. The van der Waals surface area contributed by atoms with Gasteiger partial charge >= 0.3 is 6.18 Å². The van der Waals surface area contributed by atoms with E-state index in [4.69, 9.17) is 0 Å². The first kappa shape index (κ1) is 20.6. The number of nitrogens with zero attached hydrogens (tertiary/aromatic N) is 7. The van der Waals surface area contributed by atoms with Crippen LogP contribution in [-0.4, -0.2) is 46.9 Å². The number of aromatic nitrogens is 6. The summed E-state index contributed by atoms with van der Waals surface area (Å²) in [5.41, 5.74) is 4.18. The minimum Gasteiger partial charge on any atom is -0.329 e. The molecule has 5 rings (SSSR count). The molecule has 0 bridgehead atoms. The molecule has 0 aliphatic carbocycles. The Balaban J connectivity index is 1.53.